The minimum absolute atomic E-state index is 0.158. The molecular formula is C12H16F3N3. The van der Waals surface area contributed by atoms with Crippen LogP contribution in [0.4, 0.5) is 13.2 Å². The van der Waals surface area contributed by atoms with E-state index in [0.717, 1.165) is 5.69 Å². The molecule has 1 fully saturated rings. The van der Waals surface area contributed by atoms with Gasteiger partial charge in [-0.1, -0.05) is 0 Å². The maximum Gasteiger partial charge on any atom is 0.391 e. The molecule has 1 aliphatic rings. The van der Waals surface area contributed by atoms with Crippen LogP contribution in [0.2, 0.25) is 0 Å². The molecule has 2 rings (SSSR count). The molecule has 1 N–H and O–H groups in total. The van der Waals surface area contributed by atoms with Gasteiger partial charge in [-0.05, 0) is 25.7 Å². The first-order valence-electron chi connectivity index (χ1n) is 6.10. The predicted octanol–water partition coefficient (Wildman–Crippen LogP) is 2.69. The standard InChI is InChI=1S/C12H16F3N3/c13-12(14,15)9-1-3-10(4-2-9)18-8-11-7-16-5-6-17-11/h5-7,9-10,18H,1-4,8H2. The second-order valence-electron chi connectivity index (χ2n) is 4.67. The molecular weight excluding hydrogens is 243 g/mol. The lowest BCUT2D eigenvalue weighted by Crippen LogP contribution is -2.36. The molecule has 1 saturated carbocycles. The van der Waals surface area contributed by atoms with Crippen molar-refractivity contribution in [3.05, 3.63) is 24.3 Å². The van der Waals surface area contributed by atoms with E-state index in [1.165, 1.54) is 0 Å². The fourth-order valence-corrected chi connectivity index (χ4v) is 2.30. The highest BCUT2D eigenvalue weighted by Gasteiger charge is 2.41. The zero-order chi connectivity index (χ0) is 13.0. The Hall–Kier alpha value is -1.17. The van der Waals surface area contributed by atoms with Gasteiger partial charge in [-0.15, -0.1) is 0 Å². The van der Waals surface area contributed by atoms with E-state index in [-0.39, 0.29) is 18.9 Å². The second-order valence-corrected chi connectivity index (χ2v) is 4.67. The lowest BCUT2D eigenvalue weighted by Gasteiger charge is -2.30. The molecule has 100 valence electrons. The Morgan fingerprint density at radius 1 is 1.17 bits per heavy atom. The summed E-state index contributed by atoms with van der Waals surface area (Å²) >= 11 is 0. The normalized spacial score (nSPS) is 25.1. The summed E-state index contributed by atoms with van der Waals surface area (Å²) in [5, 5.41) is 3.24. The van der Waals surface area contributed by atoms with E-state index in [4.69, 9.17) is 0 Å². The first-order chi connectivity index (χ1) is 8.55. The van der Waals surface area contributed by atoms with Gasteiger partial charge in [0.1, 0.15) is 0 Å². The van der Waals surface area contributed by atoms with Crippen LogP contribution in [-0.4, -0.2) is 22.2 Å². The molecule has 0 aromatic carbocycles. The molecule has 0 amide bonds. The Kier molecular flexibility index (Phi) is 4.16. The van der Waals surface area contributed by atoms with E-state index >= 15 is 0 Å². The van der Waals surface area contributed by atoms with Gasteiger partial charge in [-0.2, -0.15) is 13.2 Å². The van der Waals surface area contributed by atoms with Gasteiger partial charge in [-0.3, -0.25) is 9.97 Å². The predicted molar refractivity (Wildman–Crippen MR) is 60.7 cm³/mol. The summed E-state index contributed by atoms with van der Waals surface area (Å²) in [5.74, 6) is -1.12. The molecule has 18 heavy (non-hydrogen) atoms. The van der Waals surface area contributed by atoms with Gasteiger partial charge >= 0.3 is 6.18 Å². The van der Waals surface area contributed by atoms with Gasteiger partial charge < -0.3 is 5.32 Å². The molecule has 0 aliphatic heterocycles. The monoisotopic (exact) mass is 259 g/mol. The van der Waals surface area contributed by atoms with Crippen molar-refractivity contribution in [1.82, 2.24) is 15.3 Å². The number of rotatable bonds is 3. The summed E-state index contributed by atoms with van der Waals surface area (Å²) in [6, 6.07) is 0.158. The Bertz CT molecular complexity index is 359. The van der Waals surface area contributed by atoms with Crippen molar-refractivity contribution in [3.8, 4) is 0 Å². The second kappa shape index (κ2) is 5.65. The Balaban J connectivity index is 1.74. The van der Waals surface area contributed by atoms with Crippen LogP contribution >= 0.6 is 0 Å². The van der Waals surface area contributed by atoms with Gasteiger partial charge in [-0.25, -0.2) is 0 Å². The summed E-state index contributed by atoms with van der Waals surface area (Å²) in [5.41, 5.74) is 0.815. The summed E-state index contributed by atoms with van der Waals surface area (Å²) < 4.78 is 37.4. The molecule has 3 nitrogen and oxygen atoms in total. The van der Waals surface area contributed by atoms with E-state index < -0.39 is 12.1 Å². The van der Waals surface area contributed by atoms with Crippen molar-refractivity contribution in [2.45, 2.75) is 44.4 Å². The van der Waals surface area contributed by atoms with Crippen molar-refractivity contribution >= 4 is 0 Å². The molecule has 1 aliphatic carbocycles. The molecule has 0 unspecified atom stereocenters. The Labute approximate surface area is 104 Å². The van der Waals surface area contributed by atoms with Crippen LogP contribution in [-0.2, 0) is 6.54 Å². The maximum absolute atomic E-state index is 12.5. The van der Waals surface area contributed by atoms with Crippen LogP contribution < -0.4 is 5.32 Å². The van der Waals surface area contributed by atoms with Gasteiger partial charge in [0.25, 0.3) is 0 Å². The Morgan fingerprint density at radius 2 is 1.89 bits per heavy atom. The molecule has 0 atom stereocenters. The quantitative estimate of drug-likeness (QED) is 0.907. The van der Waals surface area contributed by atoms with Crippen molar-refractivity contribution in [2.75, 3.05) is 0 Å². The van der Waals surface area contributed by atoms with Crippen molar-refractivity contribution in [2.24, 2.45) is 5.92 Å². The SMILES string of the molecule is FC(F)(F)C1CCC(NCc2cnccn2)CC1. The first-order valence-corrected chi connectivity index (χ1v) is 6.10. The zero-order valence-corrected chi connectivity index (χ0v) is 9.95. The van der Waals surface area contributed by atoms with E-state index in [2.05, 4.69) is 15.3 Å². The van der Waals surface area contributed by atoms with Gasteiger partial charge in [0, 0.05) is 31.2 Å². The van der Waals surface area contributed by atoms with E-state index in [1.807, 2.05) is 0 Å². The number of aromatic nitrogens is 2. The summed E-state index contributed by atoms with van der Waals surface area (Å²) in [7, 11) is 0. The molecule has 0 bridgehead atoms. The van der Waals surface area contributed by atoms with Crippen molar-refractivity contribution < 1.29 is 13.2 Å². The van der Waals surface area contributed by atoms with E-state index in [9.17, 15) is 13.2 Å². The highest BCUT2D eigenvalue weighted by Crippen LogP contribution is 2.37. The molecule has 1 heterocycles. The molecule has 0 saturated heterocycles. The largest absolute Gasteiger partial charge is 0.391 e. The van der Waals surface area contributed by atoms with E-state index in [0.29, 0.717) is 19.4 Å². The summed E-state index contributed by atoms with van der Waals surface area (Å²) in [6.07, 6.45) is 2.43. The average molecular weight is 259 g/mol. The molecule has 0 spiro atoms. The number of hydrogen-bond acceptors (Lipinski definition) is 3. The van der Waals surface area contributed by atoms with Gasteiger partial charge in [0.15, 0.2) is 0 Å². The van der Waals surface area contributed by atoms with Gasteiger partial charge in [0.2, 0.25) is 0 Å². The van der Waals surface area contributed by atoms with Crippen LogP contribution in [0.3, 0.4) is 0 Å². The maximum atomic E-state index is 12.5. The minimum Gasteiger partial charge on any atom is -0.308 e. The number of alkyl halides is 3. The fraction of sp³-hybridized carbons (Fsp3) is 0.667. The topological polar surface area (TPSA) is 37.8 Å². The zero-order valence-electron chi connectivity index (χ0n) is 9.95. The minimum atomic E-state index is -4.03. The number of nitrogens with zero attached hydrogens (tertiary/aromatic N) is 2. The highest BCUT2D eigenvalue weighted by molar-refractivity contribution is 4.94. The lowest BCUT2D eigenvalue weighted by molar-refractivity contribution is -0.182. The Morgan fingerprint density at radius 3 is 2.44 bits per heavy atom. The van der Waals surface area contributed by atoms with Crippen LogP contribution in [0.25, 0.3) is 0 Å². The summed E-state index contributed by atoms with van der Waals surface area (Å²) in [4.78, 5) is 8.05. The highest BCUT2D eigenvalue weighted by atomic mass is 19.4. The third-order valence-corrected chi connectivity index (χ3v) is 3.38. The first kappa shape index (κ1) is 13.3. The summed E-state index contributed by atoms with van der Waals surface area (Å²) in [6.45, 7) is 0.565. The van der Waals surface area contributed by atoms with Crippen molar-refractivity contribution in [3.63, 3.8) is 0 Å². The smallest absolute Gasteiger partial charge is 0.308 e. The average Bonchev–Trinajstić information content (AvgIpc) is 2.37. The molecule has 0 radical (unpaired) electrons. The van der Waals surface area contributed by atoms with Crippen LogP contribution in [0.15, 0.2) is 18.6 Å². The third-order valence-electron chi connectivity index (χ3n) is 3.38. The molecule has 1 aromatic heterocycles. The number of nitrogens with one attached hydrogen (secondary N) is 1. The van der Waals surface area contributed by atoms with Gasteiger partial charge in [0.05, 0.1) is 11.6 Å². The number of hydrogen-bond donors (Lipinski definition) is 1. The van der Waals surface area contributed by atoms with Crippen LogP contribution in [0.5, 0.6) is 0 Å². The fourth-order valence-electron chi connectivity index (χ4n) is 2.30. The lowest BCUT2D eigenvalue weighted by atomic mass is 9.85. The van der Waals surface area contributed by atoms with E-state index in [1.54, 1.807) is 18.6 Å². The third kappa shape index (κ3) is 3.66. The van der Waals surface area contributed by atoms with Crippen LogP contribution in [0.1, 0.15) is 31.4 Å². The molecule has 1 aromatic rings. The number of halogens is 3. The van der Waals surface area contributed by atoms with Crippen molar-refractivity contribution in [1.29, 1.82) is 0 Å². The van der Waals surface area contributed by atoms with Crippen LogP contribution in [0, 0.1) is 5.92 Å². The molecule has 6 heteroatoms.